The van der Waals surface area contributed by atoms with Gasteiger partial charge in [0.25, 0.3) is 0 Å². The Hall–Kier alpha value is -2.00. The van der Waals surface area contributed by atoms with E-state index in [9.17, 15) is 4.39 Å². The largest absolute Gasteiger partial charge is 0.312 e. The minimum absolute atomic E-state index is 0.155. The van der Waals surface area contributed by atoms with Crippen molar-refractivity contribution in [3.05, 3.63) is 40.7 Å². The van der Waals surface area contributed by atoms with E-state index >= 15 is 0 Å². The lowest BCUT2D eigenvalue weighted by atomic mass is 10.2. The van der Waals surface area contributed by atoms with Crippen LogP contribution >= 0.6 is 0 Å². The highest BCUT2D eigenvalue weighted by Gasteiger charge is 2.21. The Morgan fingerprint density at radius 3 is 2.94 bits per heavy atom. The highest BCUT2D eigenvalue weighted by molar-refractivity contribution is 6.00. The van der Waals surface area contributed by atoms with E-state index in [0.29, 0.717) is 6.54 Å². The van der Waals surface area contributed by atoms with Gasteiger partial charge in [-0.05, 0) is 30.2 Å². The molecule has 0 saturated heterocycles. The molecule has 4 nitrogen and oxygen atoms in total. The number of unbranched alkanes of at least 4 members (excludes halogenated alkanes) is 2. The number of azide groups is 1. The Morgan fingerprint density at radius 2 is 2.22 bits per heavy atom. The van der Waals surface area contributed by atoms with Crippen LogP contribution in [0, 0.1) is 5.82 Å². The topological polar surface area (TPSA) is 53.7 Å². The minimum Gasteiger partial charge on any atom is -0.312 e. The molecule has 0 fully saturated rings. The summed E-state index contributed by atoms with van der Waals surface area (Å²) >= 11 is 0. The van der Waals surface area contributed by atoms with Crippen molar-refractivity contribution in [1.29, 1.82) is 0 Å². The molecule has 2 aliphatic rings. The van der Waals surface area contributed by atoms with Crippen molar-refractivity contribution in [3.8, 4) is 5.69 Å². The van der Waals surface area contributed by atoms with E-state index in [4.69, 9.17) is 5.53 Å². The minimum atomic E-state index is -0.155. The molecule has 0 N–H and O–H groups in total. The molecule has 0 atom stereocenters. The molecule has 0 unspecified atom stereocenters. The molecular weight excluding hydrogens is 231 g/mol. The van der Waals surface area contributed by atoms with Crippen LogP contribution in [0.1, 0.15) is 26.2 Å². The first-order chi connectivity index (χ1) is 8.77. The fourth-order valence-corrected chi connectivity index (χ4v) is 1.84. The van der Waals surface area contributed by atoms with Crippen LogP contribution in [0.3, 0.4) is 0 Å². The van der Waals surface area contributed by atoms with Gasteiger partial charge in [-0.3, -0.25) is 0 Å². The van der Waals surface area contributed by atoms with Gasteiger partial charge < -0.3 is 4.57 Å². The van der Waals surface area contributed by atoms with Crippen LogP contribution in [0.4, 0.5) is 4.39 Å². The van der Waals surface area contributed by atoms with Gasteiger partial charge in [-0.25, -0.2) is 4.39 Å². The van der Waals surface area contributed by atoms with Gasteiger partial charge in [0.1, 0.15) is 5.82 Å². The standard InChI is InChI=1S/C8H4FN.C5H11N3/c9-5-1-2-6-7(3-5)10-4-8(6)10;1-2-3-4-5-7-8-6/h1-4H;2-5H2,1H3. The Labute approximate surface area is 105 Å². The maximum atomic E-state index is 12.5. The van der Waals surface area contributed by atoms with Gasteiger partial charge in [0.15, 0.2) is 0 Å². The van der Waals surface area contributed by atoms with Crippen molar-refractivity contribution < 1.29 is 4.39 Å². The Balaban J connectivity index is 0.000000139. The number of nitrogens with zero attached hydrogens (tertiary/aromatic N) is 4. The predicted molar refractivity (Wildman–Crippen MR) is 70.3 cm³/mol. The molecule has 0 saturated carbocycles. The van der Waals surface area contributed by atoms with Gasteiger partial charge in [0, 0.05) is 23.0 Å². The lowest BCUT2D eigenvalue weighted by Gasteiger charge is -2.03. The Morgan fingerprint density at radius 1 is 1.39 bits per heavy atom. The zero-order chi connectivity index (χ0) is 13.0. The molecule has 0 aromatic heterocycles. The molecule has 94 valence electrons. The van der Waals surface area contributed by atoms with Crippen LogP contribution in [0.15, 0.2) is 29.5 Å². The first-order valence-corrected chi connectivity index (χ1v) is 6.09. The van der Waals surface area contributed by atoms with Gasteiger partial charge >= 0.3 is 0 Å². The zero-order valence-electron chi connectivity index (χ0n) is 10.3. The number of hydrogen-bond donors (Lipinski definition) is 0. The van der Waals surface area contributed by atoms with E-state index in [1.807, 2.05) is 16.8 Å². The summed E-state index contributed by atoms with van der Waals surface area (Å²) < 4.78 is 14.5. The molecular formula is C13H15FN4. The first-order valence-electron chi connectivity index (χ1n) is 6.09. The summed E-state index contributed by atoms with van der Waals surface area (Å²) in [6.45, 7) is 2.78. The maximum Gasteiger partial charge on any atom is 0.125 e. The Kier molecular flexibility index (Phi) is 3.85. The van der Waals surface area contributed by atoms with E-state index in [1.54, 1.807) is 6.07 Å². The average Bonchev–Trinajstić information content (AvgIpc) is 3.09. The van der Waals surface area contributed by atoms with Gasteiger partial charge in [0.05, 0.1) is 11.2 Å². The smallest absolute Gasteiger partial charge is 0.125 e. The molecule has 1 aromatic carbocycles. The number of aromatic nitrogens is 1. The molecule has 2 heterocycles. The van der Waals surface area contributed by atoms with Crippen LogP contribution in [-0.4, -0.2) is 11.1 Å². The monoisotopic (exact) mass is 246 g/mol. The van der Waals surface area contributed by atoms with E-state index in [0.717, 1.165) is 11.9 Å². The molecule has 2 aliphatic heterocycles. The highest BCUT2D eigenvalue weighted by atomic mass is 19.1. The van der Waals surface area contributed by atoms with E-state index in [-0.39, 0.29) is 5.82 Å². The van der Waals surface area contributed by atoms with E-state index < -0.39 is 0 Å². The molecule has 0 amide bonds. The fraction of sp³-hybridized carbons (Fsp3) is 0.385. The third-order valence-electron chi connectivity index (χ3n) is 2.86. The van der Waals surface area contributed by atoms with Crippen molar-refractivity contribution in [2.75, 3.05) is 6.54 Å². The molecule has 18 heavy (non-hydrogen) atoms. The molecule has 0 aliphatic carbocycles. The molecule has 3 rings (SSSR count). The number of halogens is 1. The molecule has 5 heteroatoms. The van der Waals surface area contributed by atoms with Crippen LogP contribution < -0.4 is 0 Å². The lowest BCUT2D eigenvalue weighted by Crippen LogP contribution is -1.87. The lowest BCUT2D eigenvalue weighted by molar-refractivity contribution is 0.629. The van der Waals surface area contributed by atoms with Crippen LogP contribution in [-0.2, 0) is 0 Å². The highest BCUT2D eigenvalue weighted by Crippen LogP contribution is 2.38. The van der Waals surface area contributed by atoms with Crippen LogP contribution in [0.5, 0.6) is 0 Å². The summed E-state index contributed by atoms with van der Waals surface area (Å²) in [7, 11) is 0. The Bertz CT molecular complexity index is 596. The van der Waals surface area contributed by atoms with Crippen LogP contribution in [0.25, 0.3) is 27.0 Å². The number of hydrogen-bond acceptors (Lipinski definition) is 1. The SMILES string of the molecule is CCCCCN=[N+]=[N-].Fc1ccc2c3cn-3c2c1. The van der Waals surface area contributed by atoms with Gasteiger partial charge in [-0.15, -0.1) is 0 Å². The van der Waals surface area contributed by atoms with E-state index in [2.05, 4.69) is 16.9 Å². The molecule has 0 bridgehead atoms. The molecule has 0 spiro atoms. The average molecular weight is 246 g/mol. The summed E-state index contributed by atoms with van der Waals surface area (Å²) in [6, 6.07) is 4.87. The summed E-state index contributed by atoms with van der Waals surface area (Å²) in [5, 5.41) is 4.57. The third kappa shape index (κ3) is 2.63. The zero-order valence-corrected chi connectivity index (χ0v) is 10.3. The second-order valence-corrected chi connectivity index (χ2v) is 4.21. The summed E-state index contributed by atoms with van der Waals surface area (Å²) in [4.78, 5) is 2.63. The van der Waals surface area contributed by atoms with E-state index in [1.165, 1.54) is 30.0 Å². The first kappa shape index (κ1) is 12.5. The number of rotatable bonds is 4. The predicted octanol–water partition coefficient (Wildman–Crippen LogP) is 4.57. The van der Waals surface area contributed by atoms with Gasteiger partial charge in [-0.2, -0.15) is 0 Å². The van der Waals surface area contributed by atoms with Gasteiger partial charge in [0.2, 0.25) is 0 Å². The maximum absolute atomic E-state index is 12.5. The van der Waals surface area contributed by atoms with Crippen molar-refractivity contribution in [3.63, 3.8) is 0 Å². The summed E-state index contributed by atoms with van der Waals surface area (Å²) in [6.07, 6.45) is 5.38. The fourth-order valence-electron chi connectivity index (χ4n) is 1.84. The van der Waals surface area contributed by atoms with Crippen molar-refractivity contribution in [2.24, 2.45) is 5.11 Å². The van der Waals surface area contributed by atoms with Crippen molar-refractivity contribution in [2.45, 2.75) is 26.2 Å². The molecule has 1 aromatic rings. The second kappa shape index (κ2) is 5.56. The summed E-state index contributed by atoms with van der Waals surface area (Å²) in [5.41, 5.74) is 10.1. The van der Waals surface area contributed by atoms with Gasteiger partial charge in [-0.1, -0.05) is 24.9 Å². The third-order valence-corrected chi connectivity index (χ3v) is 2.86. The normalized spacial score (nSPS) is 10.6. The van der Waals surface area contributed by atoms with Crippen LogP contribution in [0.2, 0.25) is 0 Å². The number of fused-ring (bicyclic) bond motifs is 4. The quantitative estimate of drug-likeness (QED) is 0.280. The molecule has 0 radical (unpaired) electrons. The summed E-state index contributed by atoms with van der Waals surface area (Å²) in [5.74, 6) is -0.155. The van der Waals surface area contributed by atoms with Crippen molar-refractivity contribution >= 4 is 10.9 Å². The number of benzene rings is 1. The second-order valence-electron chi connectivity index (χ2n) is 4.21. The van der Waals surface area contributed by atoms with Crippen molar-refractivity contribution in [1.82, 2.24) is 4.57 Å².